The van der Waals surface area contributed by atoms with Gasteiger partial charge in [-0.25, -0.2) is 0 Å². The molecule has 4 heterocycles. The van der Waals surface area contributed by atoms with Gasteiger partial charge in [0, 0.05) is 55.0 Å². The van der Waals surface area contributed by atoms with Gasteiger partial charge in [0.25, 0.3) is 0 Å². The first-order valence-electron chi connectivity index (χ1n) is 12.0. The third-order valence-corrected chi connectivity index (χ3v) is 7.52. The number of nitrogens with zero attached hydrogens (tertiary/aromatic N) is 4. The SMILES string of the molecule is C[C@@H]1CN(c2ccc(C#N)c3ncccc23)C[C@@H]2Cc3cc(OC[C@@H]4CCN4)ccc3CN21. The summed E-state index contributed by atoms with van der Waals surface area (Å²) in [5.41, 5.74) is 5.45. The Labute approximate surface area is 194 Å². The quantitative estimate of drug-likeness (QED) is 0.672. The summed E-state index contributed by atoms with van der Waals surface area (Å²) in [5, 5.41) is 14.0. The highest BCUT2D eigenvalue weighted by Crippen LogP contribution is 2.35. The second-order valence-electron chi connectivity index (χ2n) is 9.61. The molecule has 6 nitrogen and oxygen atoms in total. The number of ether oxygens (including phenoxy) is 1. The molecule has 0 saturated carbocycles. The topological polar surface area (TPSA) is 64.4 Å². The van der Waals surface area contributed by atoms with Crippen LogP contribution in [0, 0.1) is 11.3 Å². The summed E-state index contributed by atoms with van der Waals surface area (Å²) in [6.07, 6.45) is 4.00. The van der Waals surface area contributed by atoms with Crippen molar-refractivity contribution >= 4 is 16.6 Å². The number of nitriles is 1. The molecule has 3 aliphatic rings. The molecular formula is C27H29N5O. The third kappa shape index (κ3) is 3.72. The maximum absolute atomic E-state index is 9.51. The fraction of sp³-hybridized carbons (Fsp3) is 0.407. The number of aromatic nitrogens is 1. The normalized spacial score (nSPS) is 24.5. The molecule has 6 rings (SSSR count). The summed E-state index contributed by atoms with van der Waals surface area (Å²) >= 11 is 0. The predicted molar refractivity (Wildman–Crippen MR) is 130 cm³/mol. The Balaban J connectivity index is 1.25. The second kappa shape index (κ2) is 8.33. The van der Waals surface area contributed by atoms with E-state index in [4.69, 9.17) is 4.74 Å². The summed E-state index contributed by atoms with van der Waals surface area (Å²) in [5.74, 6) is 0.987. The largest absolute Gasteiger partial charge is 0.492 e. The van der Waals surface area contributed by atoms with Crippen LogP contribution < -0.4 is 15.0 Å². The van der Waals surface area contributed by atoms with Crippen molar-refractivity contribution in [3.8, 4) is 11.8 Å². The van der Waals surface area contributed by atoms with Crippen molar-refractivity contribution in [3.05, 3.63) is 65.4 Å². The smallest absolute Gasteiger partial charge is 0.119 e. The first-order chi connectivity index (χ1) is 16.2. The Morgan fingerprint density at radius 1 is 1.18 bits per heavy atom. The molecule has 0 aliphatic carbocycles. The van der Waals surface area contributed by atoms with Gasteiger partial charge in [0.2, 0.25) is 0 Å². The van der Waals surface area contributed by atoms with Crippen LogP contribution in [0.2, 0.25) is 0 Å². The van der Waals surface area contributed by atoms with Gasteiger partial charge in [-0.3, -0.25) is 9.88 Å². The van der Waals surface area contributed by atoms with Gasteiger partial charge in [0.1, 0.15) is 18.4 Å². The second-order valence-corrected chi connectivity index (χ2v) is 9.61. The molecule has 1 N–H and O–H groups in total. The predicted octanol–water partition coefficient (Wildman–Crippen LogP) is 3.48. The molecule has 168 valence electrons. The molecule has 0 spiro atoms. The van der Waals surface area contributed by atoms with E-state index in [2.05, 4.69) is 63.4 Å². The van der Waals surface area contributed by atoms with Crippen LogP contribution in [-0.2, 0) is 13.0 Å². The van der Waals surface area contributed by atoms with Gasteiger partial charge in [0.05, 0.1) is 11.1 Å². The Morgan fingerprint density at radius 3 is 2.91 bits per heavy atom. The minimum atomic E-state index is 0.444. The van der Waals surface area contributed by atoms with Gasteiger partial charge in [-0.05, 0) is 73.8 Å². The third-order valence-electron chi connectivity index (χ3n) is 7.52. The molecule has 3 atom stereocenters. The maximum Gasteiger partial charge on any atom is 0.119 e. The van der Waals surface area contributed by atoms with Crippen molar-refractivity contribution in [2.45, 2.75) is 44.4 Å². The zero-order valence-electron chi connectivity index (χ0n) is 19.0. The number of piperazine rings is 1. The van der Waals surface area contributed by atoms with E-state index in [0.29, 0.717) is 23.7 Å². The molecule has 33 heavy (non-hydrogen) atoms. The molecule has 0 unspecified atom stereocenters. The maximum atomic E-state index is 9.51. The van der Waals surface area contributed by atoms with Crippen LogP contribution in [0.4, 0.5) is 5.69 Å². The summed E-state index contributed by atoms with van der Waals surface area (Å²) in [7, 11) is 0. The van der Waals surface area contributed by atoms with E-state index in [1.807, 2.05) is 12.1 Å². The van der Waals surface area contributed by atoms with Crippen LogP contribution in [0.15, 0.2) is 48.7 Å². The van der Waals surface area contributed by atoms with Gasteiger partial charge < -0.3 is 15.0 Å². The molecular weight excluding hydrogens is 410 g/mol. The lowest BCUT2D eigenvalue weighted by molar-refractivity contribution is 0.101. The molecule has 0 bridgehead atoms. The van der Waals surface area contributed by atoms with E-state index in [0.717, 1.165) is 55.9 Å². The zero-order chi connectivity index (χ0) is 22.4. The van der Waals surface area contributed by atoms with E-state index in [-0.39, 0.29) is 0 Å². The lowest BCUT2D eigenvalue weighted by atomic mass is 9.90. The molecule has 3 aliphatic heterocycles. The van der Waals surface area contributed by atoms with Gasteiger partial charge in [0.15, 0.2) is 0 Å². The fourth-order valence-electron chi connectivity index (χ4n) is 5.58. The van der Waals surface area contributed by atoms with E-state index in [1.165, 1.54) is 23.2 Å². The first kappa shape index (κ1) is 20.5. The van der Waals surface area contributed by atoms with Crippen molar-refractivity contribution in [3.63, 3.8) is 0 Å². The van der Waals surface area contributed by atoms with Gasteiger partial charge in [-0.2, -0.15) is 5.26 Å². The summed E-state index contributed by atoms with van der Waals surface area (Å²) < 4.78 is 6.07. The van der Waals surface area contributed by atoms with Crippen molar-refractivity contribution in [2.24, 2.45) is 0 Å². The van der Waals surface area contributed by atoms with Gasteiger partial charge >= 0.3 is 0 Å². The highest BCUT2D eigenvalue weighted by molar-refractivity contribution is 5.95. The summed E-state index contributed by atoms with van der Waals surface area (Å²) in [4.78, 5) is 9.65. The molecule has 2 aromatic carbocycles. The minimum absolute atomic E-state index is 0.444. The standard InChI is InChI=1S/C27H29N5O/c1-18-14-31(26-7-5-19(13-28)27-25(26)3-2-9-30-27)16-23-11-21-12-24(33-17-22-8-10-29-22)6-4-20(21)15-32(18)23/h2-7,9,12,18,22-23,29H,8,10-11,14-17H2,1H3/t18-,22+,23+/m1/s1. The lowest BCUT2D eigenvalue weighted by Gasteiger charge is -2.49. The Bertz CT molecular complexity index is 1230. The van der Waals surface area contributed by atoms with Crippen LogP contribution >= 0.6 is 0 Å². The van der Waals surface area contributed by atoms with Crippen LogP contribution in [-0.4, -0.2) is 54.3 Å². The van der Waals surface area contributed by atoms with E-state index in [9.17, 15) is 5.26 Å². The average Bonchev–Trinajstić information content (AvgIpc) is 2.81. The highest BCUT2D eigenvalue weighted by atomic mass is 16.5. The molecule has 2 saturated heterocycles. The van der Waals surface area contributed by atoms with Crippen LogP contribution in [0.5, 0.6) is 5.75 Å². The Morgan fingerprint density at radius 2 is 2.09 bits per heavy atom. The number of nitrogens with one attached hydrogen (secondary N) is 1. The molecule has 0 radical (unpaired) electrons. The number of fused-ring (bicyclic) bond motifs is 3. The van der Waals surface area contributed by atoms with Crippen molar-refractivity contribution in [2.75, 3.05) is 31.1 Å². The van der Waals surface area contributed by atoms with Crippen molar-refractivity contribution in [1.82, 2.24) is 15.2 Å². The summed E-state index contributed by atoms with van der Waals surface area (Å²) in [6, 6.07) is 18.4. The number of hydrogen-bond donors (Lipinski definition) is 1. The van der Waals surface area contributed by atoms with Crippen LogP contribution in [0.25, 0.3) is 10.9 Å². The molecule has 0 amide bonds. The number of hydrogen-bond acceptors (Lipinski definition) is 6. The van der Waals surface area contributed by atoms with Gasteiger partial charge in [-0.1, -0.05) is 6.07 Å². The minimum Gasteiger partial charge on any atom is -0.492 e. The van der Waals surface area contributed by atoms with Gasteiger partial charge in [-0.15, -0.1) is 0 Å². The molecule has 2 fully saturated rings. The zero-order valence-corrected chi connectivity index (χ0v) is 19.0. The van der Waals surface area contributed by atoms with E-state index in [1.54, 1.807) is 6.20 Å². The van der Waals surface area contributed by atoms with Crippen molar-refractivity contribution in [1.29, 1.82) is 5.26 Å². The number of benzene rings is 2. The van der Waals surface area contributed by atoms with Crippen LogP contribution in [0.3, 0.4) is 0 Å². The van der Waals surface area contributed by atoms with Crippen molar-refractivity contribution < 1.29 is 4.74 Å². The number of rotatable bonds is 4. The number of pyridine rings is 1. The first-order valence-corrected chi connectivity index (χ1v) is 12.0. The molecule has 1 aromatic heterocycles. The summed E-state index contributed by atoms with van der Waals surface area (Å²) in [6.45, 7) is 7.12. The molecule has 3 aromatic rings. The lowest BCUT2D eigenvalue weighted by Crippen LogP contribution is -2.59. The Kier molecular flexibility index (Phi) is 5.17. The van der Waals surface area contributed by atoms with Crippen LogP contribution in [0.1, 0.15) is 30.0 Å². The fourth-order valence-corrected chi connectivity index (χ4v) is 5.58. The average molecular weight is 440 g/mol. The highest BCUT2D eigenvalue weighted by Gasteiger charge is 2.36. The molecule has 6 heteroatoms. The van der Waals surface area contributed by atoms with E-state index >= 15 is 0 Å². The number of anilines is 1. The Hall–Kier alpha value is -3.14. The van der Waals surface area contributed by atoms with E-state index < -0.39 is 0 Å². The monoisotopic (exact) mass is 439 g/mol.